The van der Waals surface area contributed by atoms with Gasteiger partial charge in [-0.2, -0.15) is 0 Å². The van der Waals surface area contributed by atoms with E-state index in [1.165, 1.54) is 38.5 Å². The third kappa shape index (κ3) is 3.09. The summed E-state index contributed by atoms with van der Waals surface area (Å²) in [4.78, 5) is 0. The van der Waals surface area contributed by atoms with Crippen molar-refractivity contribution in [3.05, 3.63) is 11.6 Å². The first-order chi connectivity index (χ1) is 5.33. The minimum absolute atomic E-state index is 0.928. The molecule has 1 aliphatic rings. The Balaban J connectivity index is 2.44. The van der Waals surface area contributed by atoms with Gasteiger partial charge < -0.3 is 0 Å². The molecular formula is C11H20. The van der Waals surface area contributed by atoms with Gasteiger partial charge in [0.1, 0.15) is 0 Å². The van der Waals surface area contributed by atoms with Crippen LogP contribution >= 0.6 is 0 Å². The molecule has 0 amide bonds. The van der Waals surface area contributed by atoms with Crippen molar-refractivity contribution >= 4 is 0 Å². The second-order valence-electron chi connectivity index (χ2n) is 3.80. The molecule has 1 atom stereocenters. The molecule has 0 aromatic rings. The maximum absolute atomic E-state index is 2.48. The van der Waals surface area contributed by atoms with Crippen molar-refractivity contribution in [3.8, 4) is 0 Å². The van der Waals surface area contributed by atoms with Gasteiger partial charge in [-0.1, -0.05) is 38.3 Å². The highest BCUT2D eigenvalue weighted by atomic mass is 14.1. The van der Waals surface area contributed by atoms with E-state index in [0.29, 0.717) is 0 Å². The van der Waals surface area contributed by atoms with Crippen LogP contribution in [-0.2, 0) is 0 Å². The van der Waals surface area contributed by atoms with Crippen molar-refractivity contribution in [2.24, 2.45) is 5.92 Å². The van der Waals surface area contributed by atoms with Gasteiger partial charge in [-0.05, 0) is 31.6 Å². The summed E-state index contributed by atoms with van der Waals surface area (Å²) < 4.78 is 0. The third-order valence-electron chi connectivity index (χ3n) is 2.71. The highest BCUT2D eigenvalue weighted by Crippen LogP contribution is 2.22. The van der Waals surface area contributed by atoms with Crippen LogP contribution in [0.25, 0.3) is 0 Å². The standard InChI is InChI=1S/C11H20/c1-3-11-7-5-4-6-10(2)8-9-11/h9-10H,3-8H2,1-2H3. The summed E-state index contributed by atoms with van der Waals surface area (Å²) in [7, 11) is 0. The highest BCUT2D eigenvalue weighted by molar-refractivity contribution is 5.02. The molecule has 0 fully saturated rings. The maximum Gasteiger partial charge on any atom is -0.0320 e. The topological polar surface area (TPSA) is 0 Å². The van der Waals surface area contributed by atoms with Crippen LogP contribution in [0.15, 0.2) is 11.6 Å². The summed E-state index contributed by atoms with van der Waals surface area (Å²) in [5, 5.41) is 0. The molecule has 0 heteroatoms. The Kier molecular flexibility index (Phi) is 3.68. The Morgan fingerprint density at radius 3 is 3.00 bits per heavy atom. The second kappa shape index (κ2) is 4.58. The zero-order chi connectivity index (χ0) is 8.10. The van der Waals surface area contributed by atoms with Gasteiger partial charge in [0.25, 0.3) is 0 Å². The van der Waals surface area contributed by atoms with E-state index < -0.39 is 0 Å². The van der Waals surface area contributed by atoms with Crippen LogP contribution in [-0.4, -0.2) is 0 Å². The summed E-state index contributed by atoms with van der Waals surface area (Å²) in [5.74, 6) is 0.928. The largest absolute Gasteiger partial charge is 0.0851 e. The first-order valence-electron chi connectivity index (χ1n) is 5.00. The molecule has 0 heterocycles. The van der Waals surface area contributed by atoms with E-state index in [4.69, 9.17) is 0 Å². The highest BCUT2D eigenvalue weighted by Gasteiger charge is 2.05. The van der Waals surface area contributed by atoms with Gasteiger partial charge in [-0.15, -0.1) is 0 Å². The monoisotopic (exact) mass is 152 g/mol. The summed E-state index contributed by atoms with van der Waals surface area (Å²) >= 11 is 0. The molecule has 0 saturated heterocycles. The van der Waals surface area contributed by atoms with E-state index >= 15 is 0 Å². The summed E-state index contributed by atoms with van der Waals surface area (Å²) in [6, 6.07) is 0. The molecule has 0 aliphatic heterocycles. The predicted octanol–water partition coefficient (Wildman–Crippen LogP) is 3.92. The average molecular weight is 152 g/mol. The molecule has 1 aliphatic carbocycles. The van der Waals surface area contributed by atoms with E-state index in [0.717, 1.165) is 5.92 Å². The number of hydrogen-bond acceptors (Lipinski definition) is 0. The van der Waals surface area contributed by atoms with E-state index in [1.54, 1.807) is 5.57 Å². The molecule has 0 radical (unpaired) electrons. The second-order valence-corrected chi connectivity index (χ2v) is 3.80. The first kappa shape index (κ1) is 8.83. The summed E-state index contributed by atoms with van der Waals surface area (Å²) in [6.07, 6.45) is 10.7. The lowest BCUT2D eigenvalue weighted by atomic mass is 9.92. The Hall–Kier alpha value is -0.260. The normalized spacial score (nSPS) is 27.1. The van der Waals surface area contributed by atoms with Crippen LogP contribution in [0.1, 0.15) is 52.4 Å². The van der Waals surface area contributed by atoms with Gasteiger partial charge in [0.15, 0.2) is 0 Å². The lowest BCUT2D eigenvalue weighted by Crippen LogP contribution is -1.97. The van der Waals surface area contributed by atoms with Crippen molar-refractivity contribution in [3.63, 3.8) is 0 Å². The van der Waals surface area contributed by atoms with Crippen LogP contribution in [0.2, 0.25) is 0 Å². The van der Waals surface area contributed by atoms with E-state index in [9.17, 15) is 0 Å². The van der Waals surface area contributed by atoms with Crippen LogP contribution in [0.3, 0.4) is 0 Å². The molecule has 0 nitrogen and oxygen atoms in total. The lowest BCUT2D eigenvalue weighted by Gasteiger charge is -2.14. The molecule has 1 unspecified atom stereocenters. The van der Waals surface area contributed by atoms with Gasteiger partial charge in [0.05, 0.1) is 0 Å². The fourth-order valence-corrected chi connectivity index (χ4v) is 1.75. The smallest absolute Gasteiger partial charge is 0.0320 e. The van der Waals surface area contributed by atoms with E-state index in [1.807, 2.05) is 0 Å². The number of hydrogen-bond donors (Lipinski definition) is 0. The van der Waals surface area contributed by atoms with Crippen molar-refractivity contribution in [2.45, 2.75) is 52.4 Å². The molecule has 1 rings (SSSR count). The number of rotatable bonds is 1. The maximum atomic E-state index is 2.48. The molecule has 0 saturated carbocycles. The fourth-order valence-electron chi connectivity index (χ4n) is 1.75. The van der Waals surface area contributed by atoms with E-state index in [-0.39, 0.29) is 0 Å². The Labute approximate surface area is 70.7 Å². The zero-order valence-corrected chi connectivity index (χ0v) is 7.90. The molecular weight excluding hydrogens is 132 g/mol. The van der Waals surface area contributed by atoms with Crippen molar-refractivity contribution in [1.82, 2.24) is 0 Å². The van der Waals surface area contributed by atoms with Crippen LogP contribution in [0, 0.1) is 5.92 Å². The summed E-state index contributed by atoms with van der Waals surface area (Å²) in [5.41, 5.74) is 1.69. The van der Waals surface area contributed by atoms with Gasteiger partial charge in [-0.25, -0.2) is 0 Å². The zero-order valence-electron chi connectivity index (χ0n) is 7.90. The molecule has 0 spiro atoms. The minimum atomic E-state index is 0.928. The van der Waals surface area contributed by atoms with Crippen LogP contribution in [0.4, 0.5) is 0 Å². The van der Waals surface area contributed by atoms with Crippen molar-refractivity contribution in [1.29, 1.82) is 0 Å². The predicted molar refractivity (Wildman–Crippen MR) is 50.6 cm³/mol. The van der Waals surface area contributed by atoms with Crippen LogP contribution < -0.4 is 0 Å². The summed E-state index contributed by atoms with van der Waals surface area (Å²) in [6.45, 7) is 4.65. The molecule has 0 aromatic carbocycles. The SMILES string of the molecule is CCC1=CCC(C)CCCC1. The molecule has 0 N–H and O–H groups in total. The van der Waals surface area contributed by atoms with Crippen molar-refractivity contribution < 1.29 is 0 Å². The number of allylic oxidation sites excluding steroid dienone is 2. The van der Waals surface area contributed by atoms with Gasteiger partial charge in [0.2, 0.25) is 0 Å². The van der Waals surface area contributed by atoms with Crippen LogP contribution in [0.5, 0.6) is 0 Å². The molecule has 11 heavy (non-hydrogen) atoms. The molecule has 64 valence electrons. The van der Waals surface area contributed by atoms with Gasteiger partial charge in [-0.3, -0.25) is 0 Å². The fraction of sp³-hybridized carbons (Fsp3) is 0.818. The van der Waals surface area contributed by atoms with Crippen molar-refractivity contribution in [2.75, 3.05) is 0 Å². The minimum Gasteiger partial charge on any atom is -0.0851 e. The van der Waals surface area contributed by atoms with Gasteiger partial charge >= 0.3 is 0 Å². The molecule has 0 aromatic heterocycles. The quantitative estimate of drug-likeness (QED) is 0.499. The Morgan fingerprint density at radius 1 is 1.45 bits per heavy atom. The Morgan fingerprint density at radius 2 is 2.27 bits per heavy atom. The van der Waals surface area contributed by atoms with Gasteiger partial charge in [0, 0.05) is 0 Å². The third-order valence-corrected chi connectivity index (χ3v) is 2.71. The lowest BCUT2D eigenvalue weighted by molar-refractivity contribution is 0.488. The average Bonchev–Trinajstić information content (AvgIpc) is 1.98. The Bertz CT molecular complexity index is 133. The molecule has 0 bridgehead atoms. The van der Waals surface area contributed by atoms with E-state index in [2.05, 4.69) is 19.9 Å². The first-order valence-corrected chi connectivity index (χ1v) is 5.00.